The van der Waals surface area contributed by atoms with Crippen LogP contribution in [-0.2, 0) is 31.3 Å². The normalized spacial score (nSPS) is 20.5. The van der Waals surface area contributed by atoms with E-state index in [1.54, 1.807) is 7.05 Å². The van der Waals surface area contributed by atoms with Crippen molar-refractivity contribution in [2.75, 3.05) is 22.8 Å². The van der Waals surface area contributed by atoms with Gasteiger partial charge < -0.3 is 5.11 Å². The third-order valence-corrected chi connectivity index (χ3v) is 8.30. The highest BCUT2D eigenvalue weighted by Gasteiger charge is 2.57. The summed E-state index contributed by atoms with van der Waals surface area (Å²) in [6.45, 7) is 1.19. The molecule has 2 unspecified atom stereocenters. The predicted molar refractivity (Wildman–Crippen MR) is 115 cm³/mol. The molecule has 0 aliphatic carbocycles. The summed E-state index contributed by atoms with van der Waals surface area (Å²) >= 11 is 2.52. The molecular formula is C16H18N8O6S3. The molecule has 2 atom stereocenters. The summed E-state index contributed by atoms with van der Waals surface area (Å²) in [5.41, 5.74) is 0.359. The summed E-state index contributed by atoms with van der Waals surface area (Å²) < 4.78 is 26.6. The smallest absolute Gasteiger partial charge is 0.352 e. The van der Waals surface area contributed by atoms with Crippen LogP contribution < -0.4 is 5.01 Å². The van der Waals surface area contributed by atoms with Crippen molar-refractivity contribution in [1.29, 1.82) is 0 Å². The third kappa shape index (κ3) is 3.99. The van der Waals surface area contributed by atoms with Crippen LogP contribution in [0.5, 0.6) is 0 Å². The van der Waals surface area contributed by atoms with E-state index in [0.29, 0.717) is 16.5 Å². The number of rotatable bonds is 7. The highest BCUT2D eigenvalue weighted by molar-refractivity contribution is 8.01. The third-order valence-electron chi connectivity index (χ3n) is 4.92. The average molecular weight is 515 g/mol. The maximum absolute atomic E-state index is 13.1. The number of sulfone groups is 1. The molecule has 4 rings (SSSR count). The molecule has 2 aliphatic heterocycles. The molecule has 4 heterocycles. The molecule has 2 aromatic rings. The Bertz CT molecular complexity index is 1280. The van der Waals surface area contributed by atoms with Crippen LogP contribution in [0.25, 0.3) is 0 Å². The van der Waals surface area contributed by atoms with Gasteiger partial charge >= 0.3 is 5.97 Å². The summed E-state index contributed by atoms with van der Waals surface area (Å²) in [6.07, 6.45) is 3.42. The first kappa shape index (κ1) is 23.2. The number of carbonyl (C=O) groups excluding carboxylic acids is 2. The second-order valence-electron chi connectivity index (χ2n) is 7.18. The summed E-state index contributed by atoms with van der Waals surface area (Å²) in [5, 5.41) is 21.3. The van der Waals surface area contributed by atoms with Gasteiger partial charge in [-0.2, -0.15) is 0 Å². The second kappa shape index (κ2) is 8.45. The number of hydrogen-bond acceptors (Lipinski definition) is 11. The molecule has 33 heavy (non-hydrogen) atoms. The highest BCUT2D eigenvalue weighted by Crippen LogP contribution is 2.43. The average Bonchev–Trinajstić information content (AvgIpc) is 3.38. The largest absolute Gasteiger partial charge is 0.477 e. The van der Waals surface area contributed by atoms with E-state index in [9.17, 15) is 27.9 Å². The number of hydrogen-bond donors (Lipinski definition) is 1. The number of thioether (sulfide) groups is 2. The van der Waals surface area contributed by atoms with Gasteiger partial charge in [-0.25, -0.2) is 32.6 Å². The van der Waals surface area contributed by atoms with Gasteiger partial charge in [0.05, 0.1) is 0 Å². The van der Waals surface area contributed by atoms with E-state index in [-0.39, 0.29) is 11.4 Å². The Morgan fingerprint density at radius 2 is 2.12 bits per heavy atom. The lowest BCUT2D eigenvalue weighted by Gasteiger charge is -2.52. The molecule has 0 saturated carbocycles. The van der Waals surface area contributed by atoms with Gasteiger partial charge in [-0.1, -0.05) is 11.8 Å². The van der Waals surface area contributed by atoms with E-state index in [4.69, 9.17) is 0 Å². The fraction of sp³-hybridized carbons (Fsp3) is 0.438. The fourth-order valence-corrected chi connectivity index (χ4v) is 6.67. The minimum absolute atomic E-state index is 0.153. The van der Waals surface area contributed by atoms with Gasteiger partial charge in [0.1, 0.15) is 11.1 Å². The SMILES string of the molecule is CC(=O)N(C1C(=O)N2C(C(=O)O)=C(CSc3nnnn3C)CSC12)n1ccnc1S(C)(=O)=O. The summed E-state index contributed by atoms with van der Waals surface area (Å²) in [7, 11) is -2.14. The first-order chi connectivity index (χ1) is 15.5. The van der Waals surface area contributed by atoms with Crippen molar-refractivity contribution in [3.8, 4) is 0 Å². The van der Waals surface area contributed by atoms with Gasteiger partial charge in [-0.3, -0.25) is 14.5 Å². The van der Waals surface area contributed by atoms with Crippen LogP contribution in [0.3, 0.4) is 0 Å². The van der Waals surface area contributed by atoms with Crippen molar-refractivity contribution in [1.82, 2.24) is 34.8 Å². The van der Waals surface area contributed by atoms with E-state index in [2.05, 4.69) is 20.5 Å². The van der Waals surface area contributed by atoms with Crippen LogP contribution in [0.4, 0.5) is 0 Å². The maximum Gasteiger partial charge on any atom is 0.352 e. The van der Waals surface area contributed by atoms with E-state index in [0.717, 1.165) is 20.8 Å². The lowest BCUT2D eigenvalue weighted by Crippen LogP contribution is -2.73. The Balaban J connectivity index is 1.65. The van der Waals surface area contributed by atoms with Gasteiger partial charge in [-0.05, 0) is 16.0 Å². The lowest BCUT2D eigenvalue weighted by molar-refractivity contribution is -0.150. The Labute approximate surface area is 195 Å². The Morgan fingerprint density at radius 3 is 2.70 bits per heavy atom. The molecule has 0 aromatic carbocycles. The summed E-state index contributed by atoms with van der Waals surface area (Å²) in [4.78, 5) is 42.6. The second-order valence-corrected chi connectivity index (χ2v) is 11.1. The number of carboxylic acids is 1. The van der Waals surface area contributed by atoms with E-state index in [1.165, 1.54) is 47.5 Å². The van der Waals surface area contributed by atoms with Crippen molar-refractivity contribution >= 4 is 51.1 Å². The molecule has 14 nitrogen and oxygen atoms in total. The molecule has 1 fully saturated rings. The number of nitrogens with zero attached hydrogens (tertiary/aromatic N) is 8. The number of aliphatic carboxylic acids is 1. The number of aryl methyl sites for hydroxylation is 1. The molecule has 1 saturated heterocycles. The van der Waals surface area contributed by atoms with Crippen molar-refractivity contribution < 1.29 is 27.9 Å². The van der Waals surface area contributed by atoms with Crippen molar-refractivity contribution in [3.63, 3.8) is 0 Å². The molecule has 176 valence electrons. The Kier molecular flexibility index (Phi) is 5.95. The summed E-state index contributed by atoms with van der Waals surface area (Å²) in [6, 6.07) is -1.09. The van der Waals surface area contributed by atoms with Crippen LogP contribution in [0.2, 0.25) is 0 Å². The first-order valence-electron chi connectivity index (χ1n) is 9.31. The molecule has 0 radical (unpaired) electrons. The predicted octanol–water partition coefficient (Wildman–Crippen LogP) is -1.29. The zero-order valence-electron chi connectivity index (χ0n) is 17.5. The molecular weight excluding hydrogens is 496 g/mol. The number of carboxylic acid groups (broad SMARTS) is 1. The topological polar surface area (TPSA) is 173 Å². The molecule has 0 bridgehead atoms. The lowest BCUT2D eigenvalue weighted by atomic mass is 10.0. The highest BCUT2D eigenvalue weighted by atomic mass is 32.2. The van der Waals surface area contributed by atoms with Crippen LogP contribution in [-0.4, -0.2) is 95.3 Å². The minimum atomic E-state index is -3.80. The van der Waals surface area contributed by atoms with Gasteiger partial charge in [-0.15, -0.1) is 16.9 Å². The van der Waals surface area contributed by atoms with Crippen LogP contribution in [0.15, 0.2) is 34.0 Å². The van der Waals surface area contributed by atoms with Gasteiger partial charge in [0.2, 0.25) is 26.1 Å². The Hall–Kier alpha value is -2.92. The maximum atomic E-state index is 13.1. The summed E-state index contributed by atoms with van der Waals surface area (Å²) in [5.74, 6) is -1.95. The number of imidazole rings is 1. The molecule has 2 amide bonds. The minimum Gasteiger partial charge on any atom is -0.477 e. The number of aromatic nitrogens is 6. The molecule has 2 aliphatic rings. The van der Waals surface area contributed by atoms with Gasteiger partial charge in [0, 0.05) is 44.1 Å². The zero-order chi connectivity index (χ0) is 24.1. The fourth-order valence-electron chi connectivity index (χ4n) is 3.56. The van der Waals surface area contributed by atoms with Crippen LogP contribution >= 0.6 is 23.5 Å². The molecule has 1 N–H and O–H groups in total. The number of β-lactam (4-membered cyclic amide) rings is 1. The molecule has 2 aromatic heterocycles. The standard InChI is InChI=1S/C16H18N8O6S3/c1-8(25)24(22-5-4-17-16(22)33(3,29)30)11-12(26)23-10(14(27)28)9(6-31-13(11)23)7-32-15-18-19-20-21(15)2/h4-5,11,13H,6-7H2,1-3H3,(H,27,28). The van der Waals surface area contributed by atoms with Crippen LogP contribution in [0.1, 0.15) is 6.92 Å². The zero-order valence-corrected chi connectivity index (χ0v) is 20.0. The van der Waals surface area contributed by atoms with Crippen molar-refractivity contribution in [2.45, 2.75) is 28.7 Å². The van der Waals surface area contributed by atoms with Gasteiger partial charge in [0.15, 0.2) is 6.04 Å². The van der Waals surface area contributed by atoms with Crippen molar-refractivity contribution in [2.24, 2.45) is 7.05 Å². The van der Waals surface area contributed by atoms with Crippen molar-refractivity contribution in [3.05, 3.63) is 23.7 Å². The molecule has 17 heteroatoms. The van der Waals surface area contributed by atoms with E-state index < -0.39 is 44.2 Å². The quantitative estimate of drug-likeness (QED) is 0.342. The monoisotopic (exact) mass is 514 g/mol. The first-order valence-corrected chi connectivity index (χ1v) is 13.2. The Morgan fingerprint density at radius 1 is 1.39 bits per heavy atom. The van der Waals surface area contributed by atoms with Crippen LogP contribution in [0, 0.1) is 0 Å². The van der Waals surface area contributed by atoms with Gasteiger partial charge in [0.25, 0.3) is 5.91 Å². The molecule has 0 spiro atoms. The van der Waals surface area contributed by atoms with E-state index >= 15 is 0 Å². The van der Waals surface area contributed by atoms with E-state index in [1.807, 2.05) is 0 Å². The number of amides is 2. The number of fused-ring (bicyclic) bond motifs is 1. The number of tetrazole rings is 1. The number of carbonyl (C=O) groups is 3.